The summed E-state index contributed by atoms with van der Waals surface area (Å²) in [5.74, 6) is 0. The topological polar surface area (TPSA) is 109 Å². The largest absolute Gasteiger partial charge is 1.00 e. The quantitative estimate of drug-likeness (QED) is 0.395. The molecule has 0 aromatic heterocycles. The Morgan fingerprint density at radius 1 is 0.895 bits per heavy atom. The van der Waals surface area contributed by atoms with Crippen molar-refractivity contribution in [1.82, 2.24) is 0 Å². The molecular weight excluding hydrogens is 291 g/mol. The molecule has 2 rings (SSSR count). The van der Waals surface area contributed by atoms with Crippen LogP contribution in [0.4, 0.5) is 11.4 Å². The second kappa shape index (κ2) is 6.36. The summed E-state index contributed by atoms with van der Waals surface area (Å²) in [6.45, 7) is 0. The molecule has 94 valence electrons. The van der Waals surface area contributed by atoms with Gasteiger partial charge in [-0.25, -0.2) is 8.42 Å². The van der Waals surface area contributed by atoms with E-state index >= 15 is 0 Å². The van der Waals surface area contributed by atoms with Crippen molar-refractivity contribution in [3.63, 3.8) is 0 Å². The fourth-order valence-corrected chi connectivity index (χ4v) is 2.23. The van der Waals surface area contributed by atoms with Crippen LogP contribution in [0.1, 0.15) is 0 Å². The summed E-state index contributed by atoms with van der Waals surface area (Å²) >= 11 is 0. The van der Waals surface area contributed by atoms with Gasteiger partial charge in [-0.1, -0.05) is 18.2 Å². The molecule has 19 heavy (non-hydrogen) atoms. The third-order valence-corrected chi connectivity index (χ3v) is 3.42. The molecule has 0 aliphatic rings. The molecule has 0 heterocycles. The molecule has 2 aromatic rings. The minimum Gasteiger partial charge on any atom is -0.744 e. The summed E-state index contributed by atoms with van der Waals surface area (Å²) in [7, 11) is -4.57. The van der Waals surface area contributed by atoms with E-state index in [0.717, 1.165) is 5.56 Å². The van der Waals surface area contributed by atoms with Gasteiger partial charge in [-0.15, -0.1) is 0 Å². The van der Waals surface area contributed by atoms with Gasteiger partial charge >= 0.3 is 51.4 Å². The van der Waals surface area contributed by atoms with Gasteiger partial charge in [-0.05, 0) is 35.4 Å². The van der Waals surface area contributed by atoms with Crippen LogP contribution in [0.5, 0.6) is 0 Å². The molecule has 0 spiro atoms. The molecule has 0 amide bonds. The van der Waals surface area contributed by atoms with E-state index in [2.05, 4.69) is 0 Å². The van der Waals surface area contributed by atoms with Crippen molar-refractivity contribution in [3.05, 3.63) is 42.5 Å². The average molecular weight is 302 g/mol. The molecule has 0 saturated carbocycles. The minimum atomic E-state index is -4.57. The van der Waals surface area contributed by atoms with Gasteiger partial charge < -0.3 is 16.0 Å². The third kappa shape index (κ3) is 4.02. The van der Waals surface area contributed by atoms with Crippen molar-refractivity contribution in [2.24, 2.45) is 0 Å². The van der Waals surface area contributed by atoms with Gasteiger partial charge in [0.05, 0.1) is 4.90 Å². The van der Waals surface area contributed by atoms with Crippen LogP contribution in [0.15, 0.2) is 47.4 Å². The summed E-state index contributed by atoms with van der Waals surface area (Å²) in [4.78, 5) is -0.406. The van der Waals surface area contributed by atoms with Crippen LogP contribution in [-0.4, -0.2) is 13.0 Å². The van der Waals surface area contributed by atoms with Crippen molar-refractivity contribution in [2.45, 2.75) is 4.90 Å². The van der Waals surface area contributed by atoms with Crippen molar-refractivity contribution in [1.29, 1.82) is 0 Å². The maximum atomic E-state index is 11.0. The second-order valence-electron chi connectivity index (χ2n) is 3.83. The summed E-state index contributed by atoms with van der Waals surface area (Å²) in [5.41, 5.74) is 12.9. The molecule has 0 bridgehead atoms. The van der Waals surface area contributed by atoms with Gasteiger partial charge in [0.2, 0.25) is 0 Å². The smallest absolute Gasteiger partial charge is 0.744 e. The van der Waals surface area contributed by atoms with E-state index in [4.69, 9.17) is 11.5 Å². The first kappa shape index (κ1) is 16.6. The molecule has 5 nitrogen and oxygen atoms in total. The van der Waals surface area contributed by atoms with Crippen LogP contribution in [0, 0.1) is 0 Å². The molecular formula is C12H11KN2O3S. The number of hydrogen-bond donors (Lipinski definition) is 2. The third-order valence-electron chi connectivity index (χ3n) is 2.53. The van der Waals surface area contributed by atoms with Crippen LogP contribution in [0.3, 0.4) is 0 Å². The number of hydrogen-bond acceptors (Lipinski definition) is 5. The van der Waals surface area contributed by atoms with Gasteiger partial charge in [0, 0.05) is 11.4 Å². The summed E-state index contributed by atoms with van der Waals surface area (Å²) in [6, 6.07) is 11.2. The molecule has 0 radical (unpaired) electrons. The minimum absolute atomic E-state index is 0. The molecule has 0 aliphatic heterocycles. The van der Waals surface area contributed by atoms with E-state index < -0.39 is 15.0 Å². The molecule has 4 N–H and O–H groups in total. The fraction of sp³-hybridized carbons (Fsp3) is 0. The van der Waals surface area contributed by atoms with Crippen LogP contribution in [0.25, 0.3) is 11.1 Å². The van der Waals surface area contributed by atoms with Gasteiger partial charge in [-0.3, -0.25) is 0 Å². The maximum Gasteiger partial charge on any atom is 1.00 e. The Balaban J connectivity index is 0.00000180. The zero-order valence-corrected chi connectivity index (χ0v) is 14.3. The Hall–Kier alpha value is -0.414. The molecule has 0 saturated heterocycles. The van der Waals surface area contributed by atoms with Gasteiger partial charge in [0.15, 0.2) is 0 Å². The zero-order valence-electron chi connectivity index (χ0n) is 10.3. The number of nitrogen functional groups attached to an aromatic ring is 2. The summed E-state index contributed by atoms with van der Waals surface area (Å²) < 4.78 is 33.1. The van der Waals surface area contributed by atoms with E-state index in [9.17, 15) is 13.0 Å². The van der Waals surface area contributed by atoms with E-state index in [0.29, 0.717) is 11.3 Å². The Morgan fingerprint density at radius 3 is 1.95 bits per heavy atom. The number of rotatable bonds is 2. The Morgan fingerprint density at radius 2 is 1.42 bits per heavy atom. The Labute approximate surface area is 154 Å². The fourth-order valence-electron chi connectivity index (χ4n) is 1.61. The number of anilines is 2. The van der Waals surface area contributed by atoms with Crippen LogP contribution in [-0.2, 0) is 10.1 Å². The molecule has 0 atom stereocenters. The summed E-state index contributed by atoms with van der Waals surface area (Å²) in [6.07, 6.45) is 0. The van der Waals surface area contributed by atoms with Crippen molar-refractivity contribution in [2.75, 3.05) is 11.5 Å². The normalized spacial score (nSPS) is 10.8. The van der Waals surface area contributed by atoms with Gasteiger partial charge in [0.1, 0.15) is 10.1 Å². The van der Waals surface area contributed by atoms with Crippen LogP contribution >= 0.6 is 0 Å². The standard InChI is InChI=1S/C12H12N2O3S.K/c13-10-4-1-8(2-5-10)9-3-6-11(14)12(7-9)18(15,16)17;/h1-7H,13-14H2,(H,15,16,17);/q;+1/p-1. The zero-order chi connectivity index (χ0) is 13.3. The van der Waals surface area contributed by atoms with Gasteiger partial charge in [0.25, 0.3) is 0 Å². The molecule has 2 aromatic carbocycles. The number of nitrogens with two attached hydrogens (primary N) is 2. The Kier molecular flexibility index (Phi) is 5.57. The average Bonchev–Trinajstić information content (AvgIpc) is 2.29. The van der Waals surface area contributed by atoms with Crippen molar-refractivity contribution < 1.29 is 64.4 Å². The molecule has 7 heteroatoms. The first-order valence-electron chi connectivity index (χ1n) is 5.09. The summed E-state index contributed by atoms with van der Waals surface area (Å²) in [5, 5.41) is 0. The van der Waals surface area contributed by atoms with E-state index in [1.54, 1.807) is 30.3 Å². The number of benzene rings is 2. The predicted molar refractivity (Wildman–Crippen MR) is 68.7 cm³/mol. The first-order chi connectivity index (χ1) is 8.38. The SMILES string of the molecule is Nc1ccc(-c2ccc(N)c(S(=O)(=O)[O-])c2)cc1.[K+]. The maximum absolute atomic E-state index is 11.0. The van der Waals surface area contributed by atoms with E-state index in [-0.39, 0.29) is 57.1 Å². The van der Waals surface area contributed by atoms with Crippen molar-refractivity contribution in [3.8, 4) is 11.1 Å². The van der Waals surface area contributed by atoms with Crippen molar-refractivity contribution >= 4 is 21.5 Å². The van der Waals surface area contributed by atoms with Crippen LogP contribution < -0.4 is 62.9 Å². The Bertz CT molecular complexity index is 685. The molecule has 0 fully saturated rings. The van der Waals surface area contributed by atoms with E-state index in [1.165, 1.54) is 12.1 Å². The predicted octanol–water partition coefficient (Wildman–Crippen LogP) is -1.57. The molecule has 0 unspecified atom stereocenters. The van der Waals surface area contributed by atoms with Crippen LogP contribution in [0.2, 0.25) is 0 Å². The van der Waals surface area contributed by atoms with Gasteiger partial charge in [-0.2, -0.15) is 0 Å². The van der Waals surface area contributed by atoms with E-state index in [1.807, 2.05) is 0 Å². The first-order valence-corrected chi connectivity index (χ1v) is 6.50. The second-order valence-corrected chi connectivity index (χ2v) is 5.18. The monoisotopic (exact) mass is 302 g/mol. The molecule has 0 aliphatic carbocycles.